The van der Waals surface area contributed by atoms with Crippen LogP contribution in [0.4, 0.5) is 17.1 Å². The first-order valence-electron chi connectivity index (χ1n) is 23.9. The number of hydrogen-bond acceptors (Lipinski definition) is 2. The number of anilines is 3. The van der Waals surface area contributed by atoms with Gasteiger partial charge in [-0.25, -0.2) is 0 Å². The van der Waals surface area contributed by atoms with Gasteiger partial charge in [-0.2, -0.15) is 0 Å². The Morgan fingerprint density at radius 3 is 1.09 bits per heavy atom. The molecule has 0 saturated carbocycles. The highest BCUT2D eigenvalue weighted by molar-refractivity contribution is 6.11. The van der Waals surface area contributed by atoms with Gasteiger partial charge in [0.1, 0.15) is 11.2 Å². The van der Waals surface area contributed by atoms with E-state index in [2.05, 4.69) is 263 Å². The topological polar surface area (TPSA) is 26.2 Å². The Morgan fingerprint density at radius 1 is 0.257 bits per heavy atom. The first kappa shape index (κ1) is 39.8. The molecule has 14 aromatic rings. The fraction of sp³-hybridized carbons (Fsp3) is 0. The summed E-state index contributed by atoms with van der Waals surface area (Å²) in [6, 6.07) is 94.0. The van der Waals surface area contributed by atoms with Crippen molar-refractivity contribution in [2.24, 2.45) is 0 Å². The summed E-state index contributed by atoms with van der Waals surface area (Å²) in [6.07, 6.45) is 0. The van der Waals surface area contributed by atoms with Crippen LogP contribution in [0.1, 0.15) is 0 Å². The number of nitrogens with zero attached hydrogens (tertiary/aromatic N) is 3. The summed E-state index contributed by atoms with van der Waals surface area (Å²) < 4.78 is 11.3. The Hall–Kier alpha value is -9.38. The molecule has 0 radical (unpaired) electrons. The number of rotatable bonds is 8. The van der Waals surface area contributed by atoms with Gasteiger partial charge in [-0.05, 0) is 101 Å². The summed E-state index contributed by atoms with van der Waals surface area (Å²) >= 11 is 0. The lowest BCUT2D eigenvalue weighted by molar-refractivity contribution is 0.669. The van der Waals surface area contributed by atoms with Crippen LogP contribution < -0.4 is 4.90 Å². The van der Waals surface area contributed by atoms with Gasteiger partial charge in [0.2, 0.25) is 0 Å². The first-order chi connectivity index (χ1) is 34.7. The van der Waals surface area contributed by atoms with Gasteiger partial charge in [0.05, 0.1) is 33.4 Å². The van der Waals surface area contributed by atoms with E-state index in [4.69, 9.17) is 4.42 Å². The fourth-order valence-corrected chi connectivity index (χ4v) is 10.9. The quantitative estimate of drug-likeness (QED) is 0.152. The van der Waals surface area contributed by atoms with E-state index in [0.717, 1.165) is 61.4 Å². The van der Waals surface area contributed by atoms with E-state index in [9.17, 15) is 0 Å². The van der Waals surface area contributed by atoms with E-state index in [0.29, 0.717) is 0 Å². The molecule has 4 nitrogen and oxygen atoms in total. The lowest BCUT2D eigenvalue weighted by Crippen LogP contribution is -2.09. The van der Waals surface area contributed by atoms with Crippen LogP contribution in [0, 0.1) is 0 Å². The predicted molar refractivity (Wildman–Crippen MR) is 293 cm³/mol. The number of benzene rings is 11. The lowest BCUT2D eigenvalue weighted by Gasteiger charge is -2.26. The highest BCUT2D eigenvalue weighted by atomic mass is 16.3. The van der Waals surface area contributed by atoms with Crippen molar-refractivity contribution >= 4 is 82.6 Å². The number of fused-ring (bicyclic) bond motifs is 9. The van der Waals surface area contributed by atoms with Crippen LogP contribution >= 0.6 is 0 Å². The van der Waals surface area contributed by atoms with Gasteiger partial charge in [0.15, 0.2) is 0 Å². The minimum Gasteiger partial charge on any atom is -0.456 e. The minimum absolute atomic E-state index is 0.858. The molecule has 11 aromatic carbocycles. The van der Waals surface area contributed by atoms with Crippen molar-refractivity contribution in [1.82, 2.24) is 9.13 Å². The Kier molecular flexibility index (Phi) is 9.17. The normalized spacial score (nSPS) is 11.7. The van der Waals surface area contributed by atoms with Gasteiger partial charge in [-0.3, -0.25) is 0 Å². The molecule has 70 heavy (non-hydrogen) atoms. The third kappa shape index (κ3) is 6.38. The maximum atomic E-state index is 6.46. The van der Waals surface area contributed by atoms with Gasteiger partial charge in [-0.15, -0.1) is 0 Å². The van der Waals surface area contributed by atoms with Crippen LogP contribution in [0.5, 0.6) is 0 Å². The minimum atomic E-state index is 0.858. The summed E-state index contributed by atoms with van der Waals surface area (Å²) in [7, 11) is 0. The van der Waals surface area contributed by atoms with Gasteiger partial charge in [0.25, 0.3) is 0 Å². The molecule has 0 fully saturated rings. The van der Waals surface area contributed by atoms with Crippen molar-refractivity contribution in [2.45, 2.75) is 0 Å². The van der Waals surface area contributed by atoms with Crippen molar-refractivity contribution < 1.29 is 4.42 Å². The molecule has 0 N–H and O–H groups in total. The Bertz CT molecular complexity index is 4180. The van der Waals surface area contributed by atoms with Crippen molar-refractivity contribution in [2.75, 3.05) is 4.90 Å². The van der Waals surface area contributed by atoms with Crippen LogP contribution in [-0.2, 0) is 0 Å². The molecule has 0 aliphatic rings. The zero-order valence-electron chi connectivity index (χ0n) is 38.1. The molecule has 0 atom stereocenters. The lowest BCUT2D eigenvalue weighted by atomic mass is 9.98. The summed E-state index contributed by atoms with van der Waals surface area (Å²) in [5, 5.41) is 7.24. The second kappa shape index (κ2) is 16.2. The summed E-state index contributed by atoms with van der Waals surface area (Å²) in [4.78, 5) is 2.33. The van der Waals surface area contributed by atoms with Crippen LogP contribution in [-0.4, -0.2) is 9.13 Å². The van der Waals surface area contributed by atoms with Crippen molar-refractivity contribution in [3.8, 4) is 44.8 Å². The second-order valence-corrected chi connectivity index (χ2v) is 18.1. The Balaban J connectivity index is 0.829. The van der Waals surface area contributed by atoms with Crippen molar-refractivity contribution in [1.29, 1.82) is 0 Å². The second-order valence-electron chi connectivity index (χ2n) is 18.1. The molecule has 3 aromatic heterocycles. The van der Waals surface area contributed by atoms with E-state index in [1.54, 1.807) is 0 Å². The van der Waals surface area contributed by atoms with E-state index < -0.39 is 0 Å². The van der Waals surface area contributed by atoms with Crippen molar-refractivity contribution in [3.05, 3.63) is 261 Å². The molecule has 14 rings (SSSR count). The third-order valence-electron chi connectivity index (χ3n) is 14.2. The number of hydrogen-bond donors (Lipinski definition) is 0. The van der Waals surface area contributed by atoms with E-state index in [1.165, 1.54) is 66.0 Å². The molecule has 3 heterocycles. The molecule has 0 amide bonds. The van der Waals surface area contributed by atoms with Gasteiger partial charge < -0.3 is 18.5 Å². The molecular formula is C66H43N3O. The zero-order chi connectivity index (χ0) is 46.1. The molecular weight excluding hydrogens is 851 g/mol. The maximum absolute atomic E-state index is 6.46. The van der Waals surface area contributed by atoms with Gasteiger partial charge in [0, 0.05) is 66.6 Å². The SMILES string of the molecule is c1ccc(-n2c3ccccc3c3ccccc32)c(-c2ccc(-c3ccc(N(c4ccc(-c5ccccc5-n5c6ccccc6c6ccccc65)cc4)c4ccc5c(c4)oc4ccccc45)cc3)cc2)c1. The van der Waals surface area contributed by atoms with Crippen LogP contribution in [0.15, 0.2) is 265 Å². The number of furan rings is 1. The monoisotopic (exact) mass is 893 g/mol. The Morgan fingerprint density at radius 2 is 0.600 bits per heavy atom. The van der Waals surface area contributed by atoms with Crippen LogP contribution in [0.3, 0.4) is 0 Å². The maximum Gasteiger partial charge on any atom is 0.137 e. The highest BCUT2D eigenvalue weighted by Crippen LogP contribution is 2.42. The van der Waals surface area contributed by atoms with Gasteiger partial charge >= 0.3 is 0 Å². The molecule has 0 saturated heterocycles. The smallest absolute Gasteiger partial charge is 0.137 e. The molecule has 4 heteroatoms. The average Bonchev–Trinajstić information content (AvgIpc) is 4.09. The third-order valence-corrected chi connectivity index (χ3v) is 14.2. The molecule has 328 valence electrons. The van der Waals surface area contributed by atoms with E-state index >= 15 is 0 Å². The first-order valence-corrected chi connectivity index (χ1v) is 23.9. The zero-order valence-corrected chi connectivity index (χ0v) is 38.1. The summed E-state index contributed by atoms with van der Waals surface area (Å²) in [6.45, 7) is 0. The predicted octanol–water partition coefficient (Wildman–Crippen LogP) is 18.3. The standard InChI is InChI=1S/C66H43N3O/c1-8-22-59(68-61-24-10-3-17-53(61)54-18-4-11-25-62(54)68)51(15-1)46-31-29-44(30-32-46)45-33-37-48(38-34-45)67(50-41-42-58-57-21-7-14-28-65(57)70-66(58)43-50)49-39-35-47(36-40-49)52-16-2-9-23-60(52)69-63-26-12-5-19-55(63)56-20-6-13-27-64(56)69/h1-43H. The summed E-state index contributed by atoms with van der Waals surface area (Å²) in [5.74, 6) is 0. The molecule has 0 unspecified atom stereocenters. The largest absolute Gasteiger partial charge is 0.456 e. The summed E-state index contributed by atoms with van der Waals surface area (Å²) in [5.41, 5.74) is 19.0. The molecule has 0 bridgehead atoms. The fourth-order valence-electron chi connectivity index (χ4n) is 10.9. The molecule has 0 aliphatic carbocycles. The average molecular weight is 894 g/mol. The van der Waals surface area contributed by atoms with Gasteiger partial charge in [-0.1, -0.05) is 176 Å². The van der Waals surface area contributed by atoms with E-state index in [1.807, 2.05) is 12.1 Å². The van der Waals surface area contributed by atoms with Crippen LogP contribution in [0.25, 0.3) is 110 Å². The molecule has 0 aliphatic heterocycles. The Labute approximate surface area is 404 Å². The van der Waals surface area contributed by atoms with E-state index in [-0.39, 0.29) is 0 Å². The number of aromatic nitrogens is 2. The van der Waals surface area contributed by atoms with Crippen LogP contribution in [0.2, 0.25) is 0 Å². The highest BCUT2D eigenvalue weighted by Gasteiger charge is 2.20. The molecule has 0 spiro atoms. The van der Waals surface area contributed by atoms with Crippen molar-refractivity contribution in [3.63, 3.8) is 0 Å². The number of para-hydroxylation sites is 7.